The molecule has 1 heterocycles. The standard InChI is InChI=1S/C22H19Cl2NO4/c1-13(26)4-3-9-25-12-17(22(28)29)21(27)16-11-14(7-8-19(16)25)10-15-5-2-6-18(23)20(15)24/h2,5-8,11-12H,3-4,9-10H2,1H3,(H,28,29). The van der Waals surface area contributed by atoms with E-state index in [-0.39, 0.29) is 11.3 Å². The number of carbonyl (C=O) groups is 2. The second-order valence-electron chi connectivity index (χ2n) is 6.92. The third-order valence-corrected chi connectivity index (χ3v) is 5.59. The monoisotopic (exact) mass is 431 g/mol. The van der Waals surface area contributed by atoms with Gasteiger partial charge in [-0.05, 0) is 49.1 Å². The molecule has 0 aliphatic rings. The summed E-state index contributed by atoms with van der Waals surface area (Å²) in [6, 6.07) is 10.7. The molecule has 2 aromatic carbocycles. The number of carbonyl (C=O) groups excluding carboxylic acids is 1. The molecule has 0 aliphatic heterocycles. The number of hydrogen-bond donors (Lipinski definition) is 1. The highest BCUT2D eigenvalue weighted by atomic mass is 35.5. The number of pyridine rings is 1. The Hall–Kier alpha value is -2.63. The molecule has 0 unspecified atom stereocenters. The number of ketones is 1. The van der Waals surface area contributed by atoms with Crippen LogP contribution in [0.4, 0.5) is 0 Å². The minimum absolute atomic E-state index is 0.0643. The van der Waals surface area contributed by atoms with E-state index >= 15 is 0 Å². The molecule has 0 fully saturated rings. The van der Waals surface area contributed by atoms with Crippen LogP contribution in [0.2, 0.25) is 10.0 Å². The molecule has 7 heteroatoms. The highest BCUT2D eigenvalue weighted by Gasteiger charge is 2.15. The van der Waals surface area contributed by atoms with Crippen molar-refractivity contribution in [2.24, 2.45) is 0 Å². The Kier molecular flexibility index (Phi) is 6.40. The van der Waals surface area contributed by atoms with Gasteiger partial charge in [0.05, 0.1) is 15.6 Å². The van der Waals surface area contributed by atoms with Crippen LogP contribution in [0.15, 0.2) is 47.4 Å². The normalized spacial score (nSPS) is 11.0. The summed E-state index contributed by atoms with van der Waals surface area (Å²) in [6.07, 6.45) is 2.75. The van der Waals surface area contributed by atoms with Gasteiger partial charge in [-0.1, -0.05) is 41.4 Å². The zero-order chi connectivity index (χ0) is 21.1. The van der Waals surface area contributed by atoms with Crippen molar-refractivity contribution in [3.63, 3.8) is 0 Å². The van der Waals surface area contributed by atoms with E-state index in [2.05, 4.69) is 0 Å². The van der Waals surface area contributed by atoms with Gasteiger partial charge >= 0.3 is 5.97 Å². The first-order chi connectivity index (χ1) is 13.8. The molecule has 150 valence electrons. The number of carboxylic acids is 1. The topological polar surface area (TPSA) is 76.4 Å². The number of nitrogens with zero attached hydrogens (tertiary/aromatic N) is 1. The molecule has 0 bridgehead atoms. The van der Waals surface area contributed by atoms with E-state index in [1.165, 1.54) is 13.1 Å². The number of halogens is 2. The average molecular weight is 432 g/mol. The van der Waals surface area contributed by atoms with Gasteiger partial charge < -0.3 is 14.5 Å². The maximum atomic E-state index is 12.7. The molecular weight excluding hydrogens is 413 g/mol. The molecule has 0 saturated heterocycles. The van der Waals surface area contributed by atoms with Crippen LogP contribution in [0.25, 0.3) is 10.9 Å². The number of hydrogen-bond acceptors (Lipinski definition) is 3. The number of benzene rings is 2. The lowest BCUT2D eigenvalue weighted by Gasteiger charge is -2.13. The summed E-state index contributed by atoms with van der Waals surface area (Å²) >= 11 is 12.3. The van der Waals surface area contributed by atoms with Gasteiger partial charge in [-0.25, -0.2) is 4.79 Å². The van der Waals surface area contributed by atoms with Crippen LogP contribution < -0.4 is 5.43 Å². The number of aromatic nitrogens is 1. The molecule has 0 atom stereocenters. The summed E-state index contributed by atoms with van der Waals surface area (Å²) in [5.74, 6) is -1.21. The summed E-state index contributed by atoms with van der Waals surface area (Å²) in [4.78, 5) is 35.5. The van der Waals surface area contributed by atoms with Gasteiger partial charge in [0.15, 0.2) is 0 Å². The number of aromatic carboxylic acids is 1. The molecule has 1 N–H and O–H groups in total. The predicted molar refractivity (Wildman–Crippen MR) is 114 cm³/mol. The van der Waals surface area contributed by atoms with Crippen LogP contribution >= 0.6 is 23.2 Å². The second kappa shape index (κ2) is 8.80. The largest absolute Gasteiger partial charge is 0.477 e. The van der Waals surface area contributed by atoms with Crippen molar-refractivity contribution in [2.75, 3.05) is 0 Å². The van der Waals surface area contributed by atoms with Crippen molar-refractivity contribution in [1.82, 2.24) is 4.57 Å². The molecule has 0 aliphatic carbocycles. The lowest BCUT2D eigenvalue weighted by Crippen LogP contribution is -2.19. The molecule has 3 aromatic rings. The van der Waals surface area contributed by atoms with Gasteiger partial charge in [0.1, 0.15) is 11.3 Å². The van der Waals surface area contributed by atoms with Crippen LogP contribution in [-0.2, 0) is 17.8 Å². The number of Topliss-reactive ketones (excluding diaryl/α,β-unsaturated/α-hetero) is 1. The summed E-state index contributed by atoms with van der Waals surface area (Å²) < 4.78 is 1.72. The van der Waals surface area contributed by atoms with Crippen LogP contribution in [0.1, 0.15) is 41.3 Å². The molecule has 29 heavy (non-hydrogen) atoms. The smallest absolute Gasteiger partial charge is 0.341 e. The van der Waals surface area contributed by atoms with E-state index in [9.17, 15) is 19.5 Å². The van der Waals surface area contributed by atoms with E-state index in [1.807, 2.05) is 12.1 Å². The second-order valence-corrected chi connectivity index (χ2v) is 7.70. The summed E-state index contributed by atoms with van der Waals surface area (Å²) in [5, 5.41) is 10.7. The van der Waals surface area contributed by atoms with Gasteiger partial charge in [0, 0.05) is 24.5 Å². The first-order valence-corrected chi connectivity index (χ1v) is 9.85. The molecule has 3 rings (SSSR count). The third kappa shape index (κ3) is 4.69. The van der Waals surface area contributed by atoms with E-state index in [1.54, 1.807) is 28.8 Å². The molecule has 0 saturated carbocycles. The third-order valence-electron chi connectivity index (χ3n) is 4.73. The van der Waals surface area contributed by atoms with Gasteiger partial charge in [0.25, 0.3) is 0 Å². The van der Waals surface area contributed by atoms with Crippen molar-refractivity contribution in [3.05, 3.63) is 79.6 Å². The highest BCUT2D eigenvalue weighted by Crippen LogP contribution is 2.28. The Balaban J connectivity index is 2.07. The minimum Gasteiger partial charge on any atom is -0.477 e. The number of aryl methyl sites for hydroxylation is 1. The Bertz CT molecular complexity index is 1170. The van der Waals surface area contributed by atoms with Crippen LogP contribution in [0.5, 0.6) is 0 Å². The molecule has 5 nitrogen and oxygen atoms in total. The number of rotatable bonds is 7. The molecular formula is C22H19Cl2NO4. The fraction of sp³-hybridized carbons (Fsp3) is 0.227. The number of carboxylic acid groups (broad SMARTS) is 1. The average Bonchev–Trinajstić information content (AvgIpc) is 2.67. The quantitative estimate of drug-likeness (QED) is 0.572. The van der Waals surface area contributed by atoms with Crippen LogP contribution in [0.3, 0.4) is 0 Å². The maximum Gasteiger partial charge on any atom is 0.341 e. The van der Waals surface area contributed by atoms with Gasteiger partial charge in [-0.3, -0.25) is 4.79 Å². The Morgan fingerprint density at radius 2 is 1.90 bits per heavy atom. The van der Waals surface area contributed by atoms with Gasteiger partial charge in [0.2, 0.25) is 5.43 Å². The van der Waals surface area contributed by atoms with E-state index in [4.69, 9.17) is 23.2 Å². The predicted octanol–water partition coefficient (Wildman–Crippen LogP) is 4.97. The van der Waals surface area contributed by atoms with Gasteiger partial charge in [-0.2, -0.15) is 0 Å². The summed E-state index contributed by atoms with van der Waals surface area (Å²) in [6.45, 7) is 1.95. The van der Waals surface area contributed by atoms with Crippen LogP contribution in [0, 0.1) is 0 Å². The van der Waals surface area contributed by atoms with Crippen molar-refractivity contribution in [2.45, 2.75) is 32.7 Å². The molecule has 0 radical (unpaired) electrons. The number of fused-ring (bicyclic) bond motifs is 1. The Morgan fingerprint density at radius 3 is 2.59 bits per heavy atom. The fourth-order valence-corrected chi connectivity index (χ4v) is 3.68. The maximum absolute atomic E-state index is 12.7. The summed E-state index contributed by atoms with van der Waals surface area (Å²) in [7, 11) is 0. The zero-order valence-corrected chi connectivity index (χ0v) is 17.3. The minimum atomic E-state index is -1.28. The Morgan fingerprint density at radius 1 is 1.14 bits per heavy atom. The molecule has 1 aromatic heterocycles. The zero-order valence-electron chi connectivity index (χ0n) is 15.7. The van der Waals surface area contributed by atoms with Gasteiger partial charge in [-0.15, -0.1) is 0 Å². The SMILES string of the molecule is CC(=O)CCCn1cc(C(=O)O)c(=O)c2cc(Cc3cccc(Cl)c3Cl)ccc21. The highest BCUT2D eigenvalue weighted by molar-refractivity contribution is 6.42. The summed E-state index contributed by atoms with van der Waals surface area (Å²) in [5.41, 5.74) is 1.43. The van der Waals surface area contributed by atoms with Crippen molar-refractivity contribution in [1.29, 1.82) is 0 Å². The van der Waals surface area contributed by atoms with Crippen molar-refractivity contribution in [3.8, 4) is 0 Å². The lowest BCUT2D eigenvalue weighted by molar-refractivity contribution is -0.117. The van der Waals surface area contributed by atoms with Crippen molar-refractivity contribution >= 4 is 45.9 Å². The van der Waals surface area contributed by atoms with E-state index in [0.29, 0.717) is 46.8 Å². The Labute approximate surface area is 177 Å². The van der Waals surface area contributed by atoms with Crippen molar-refractivity contribution < 1.29 is 14.7 Å². The van der Waals surface area contributed by atoms with E-state index in [0.717, 1.165) is 11.1 Å². The fourth-order valence-electron chi connectivity index (χ4n) is 3.30. The molecule has 0 spiro atoms. The molecule has 0 amide bonds. The van der Waals surface area contributed by atoms with E-state index < -0.39 is 11.4 Å². The first-order valence-electron chi connectivity index (χ1n) is 9.09. The van der Waals surface area contributed by atoms with Crippen LogP contribution in [-0.4, -0.2) is 21.4 Å². The first kappa shape index (κ1) is 21.1. The lowest BCUT2D eigenvalue weighted by atomic mass is 10.0.